The molecule has 0 radical (unpaired) electrons. The molecule has 8 atom stereocenters. The van der Waals surface area contributed by atoms with E-state index in [1.807, 2.05) is 25.1 Å². The zero-order valence-electron chi connectivity index (χ0n) is 23.5. The lowest BCUT2D eigenvalue weighted by atomic mass is 9.71. The van der Waals surface area contributed by atoms with E-state index in [-0.39, 0.29) is 42.5 Å². The number of hydrogen-bond acceptors (Lipinski definition) is 9. The van der Waals surface area contributed by atoms with Crippen LogP contribution in [0.25, 0.3) is 10.2 Å². The van der Waals surface area contributed by atoms with Gasteiger partial charge in [-0.3, -0.25) is 9.59 Å². The van der Waals surface area contributed by atoms with Gasteiger partial charge >= 0.3 is 5.97 Å². The van der Waals surface area contributed by atoms with Crippen molar-refractivity contribution >= 4 is 33.3 Å². The van der Waals surface area contributed by atoms with E-state index in [1.54, 1.807) is 25.2 Å². The molecule has 9 heteroatoms. The van der Waals surface area contributed by atoms with Crippen LogP contribution in [0.1, 0.15) is 82.9 Å². The molecule has 3 aliphatic rings. The molecule has 0 amide bonds. The maximum Gasteiger partial charge on any atom is 0.309 e. The number of ether oxygens (including phenoxy) is 3. The second-order valence-electron chi connectivity index (χ2n) is 12.5. The van der Waals surface area contributed by atoms with Gasteiger partial charge in [-0.1, -0.05) is 33.3 Å². The Balaban J connectivity index is 1.42. The van der Waals surface area contributed by atoms with Gasteiger partial charge in [0.2, 0.25) is 0 Å². The molecule has 0 spiro atoms. The monoisotopic (exact) mass is 559 g/mol. The first-order valence-electron chi connectivity index (χ1n) is 14.1. The lowest BCUT2D eigenvalue weighted by Crippen LogP contribution is -2.45. The number of aromatic nitrogens is 1. The van der Waals surface area contributed by atoms with Crippen molar-refractivity contribution in [3.05, 3.63) is 28.8 Å². The van der Waals surface area contributed by atoms with Crippen molar-refractivity contribution in [2.45, 2.75) is 109 Å². The molecule has 1 aromatic heterocycles. The van der Waals surface area contributed by atoms with Gasteiger partial charge in [-0.05, 0) is 56.7 Å². The van der Waals surface area contributed by atoms with Gasteiger partial charge in [-0.25, -0.2) is 4.98 Å². The predicted octanol–water partition coefficient (Wildman–Crippen LogP) is 4.67. The highest BCUT2D eigenvalue weighted by atomic mass is 32.1. The molecule has 39 heavy (non-hydrogen) atoms. The summed E-state index contributed by atoms with van der Waals surface area (Å²) in [6.45, 7) is 9.38. The van der Waals surface area contributed by atoms with Gasteiger partial charge in [0.25, 0.3) is 0 Å². The van der Waals surface area contributed by atoms with E-state index in [4.69, 9.17) is 14.2 Å². The van der Waals surface area contributed by atoms with Crippen molar-refractivity contribution in [1.82, 2.24) is 4.98 Å². The Morgan fingerprint density at radius 3 is 2.69 bits per heavy atom. The molecular weight excluding hydrogens is 518 g/mol. The van der Waals surface area contributed by atoms with E-state index in [9.17, 15) is 19.8 Å². The lowest BCUT2D eigenvalue weighted by Gasteiger charge is -2.34. The molecule has 214 valence electrons. The van der Waals surface area contributed by atoms with Gasteiger partial charge in [0.15, 0.2) is 0 Å². The van der Waals surface area contributed by atoms with Crippen molar-refractivity contribution < 1.29 is 34.0 Å². The fourth-order valence-electron chi connectivity index (χ4n) is 6.41. The number of aliphatic hydroxyl groups is 2. The third kappa shape index (κ3) is 5.79. The van der Waals surface area contributed by atoms with Crippen molar-refractivity contribution in [1.29, 1.82) is 0 Å². The third-order valence-electron chi connectivity index (χ3n) is 9.15. The van der Waals surface area contributed by atoms with Crippen LogP contribution >= 0.6 is 11.3 Å². The second-order valence-corrected chi connectivity index (χ2v) is 13.8. The molecule has 5 rings (SSSR count). The number of thiazole rings is 1. The SMILES string of the molecule is Cc1nc2cc([C@@H]3C[C@@H]4O[C@]4(C)CCC[C@H](C)[C@@H]4O[C@H](CO)C[C@H]4C(=O)C(C)(C)[C@@H](O)CC(=O)O3)ccc2s1. The quantitative estimate of drug-likeness (QED) is 0.403. The van der Waals surface area contributed by atoms with Crippen molar-refractivity contribution in [2.75, 3.05) is 6.61 Å². The number of epoxide rings is 1. The summed E-state index contributed by atoms with van der Waals surface area (Å²) in [4.78, 5) is 31.6. The van der Waals surface area contributed by atoms with E-state index in [0.29, 0.717) is 12.8 Å². The summed E-state index contributed by atoms with van der Waals surface area (Å²) in [6.07, 6.45) is 0.679. The van der Waals surface area contributed by atoms with Crippen molar-refractivity contribution in [2.24, 2.45) is 17.3 Å². The number of carbonyl (C=O) groups excluding carboxylic acids is 2. The van der Waals surface area contributed by atoms with E-state index >= 15 is 0 Å². The molecule has 3 fully saturated rings. The highest BCUT2D eigenvalue weighted by Crippen LogP contribution is 2.47. The first kappa shape index (κ1) is 28.6. The number of aliphatic hydroxyl groups excluding tert-OH is 2. The Kier molecular flexibility index (Phi) is 7.94. The fraction of sp³-hybridized carbons (Fsp3) is 0.700. The summed E-state index contributed by atoms with van der Waals surface area (Å²) in [5.41, 5.74) is 0.230. The van der Waals surface area contributed by atoms with Crippen LogP contribution in [-0.4, -0.2) is 63.6 Å². The Bertz CT molecular complexity index is 1230. The van der Waals surface area contributed by atoms with Crippen LogP contribution < -0.4 is 0 Å². The van der Waals surface area contributed by atoms with Gasteiger partial charge < -0.3 is 24.4 Å². The lowest BCUT2D eigenvalue weighted by molar-refractivity contribution is -0.156. The number of hydrogen-bond donors (Lipinski definition) is 2. The summed E-state index contributed by atoms with van der Waals surface area (Å²) in [7, 11) is 0. The molecule has 8 nitrogen and oxygen atoms in total. The van der Waals surface area contributed by atoms with Crippen LogP contribution in [0.2, 0.25) is 0 Å². The molecule has 0 saturated carbocycles. The molecule has 1 aromatic carbocycles. The summed E-state index contributed by atoms with van der Waals surface area (Å²) in [6, 6.07) is 5.95. The Morgan fingerprint density at radius 1 is 1.18 bits per heavy atom. The molecule has 0 aliphatic carbocycles. The van der Waals surface area contributed by atoms with E-state index < -0.39 is 35.6 Å². The fourth-order valence-corrected chi connectivity index (χ4v) is 7.22. The molecule has 2 aromatic rings. The van der Waals surface area contributed by atoms with Gasteiger partial charge in [0.05, 0.1) is 63.7 Å². The van der Waals surface area contributed by atoms with E-state index in [2.05, 4.69) is 18.8 Å². The number of cyclic esters (lactones) is 1. The largest absolute Gasteiger partial charge is 0.457 e. The van der Waals surface area contributed by atoms with Crippen molar-refractivity contribution in [3.8, 4) is 0 Å². The zero-order chi connectivity index (χ0) is 28.1. The molecule has 3 saturated heterocycles. The first-order chi connectivity index (χ1) is 18.4. The third-order valence-corrected chi connectivity index (χ3v) is 10.1. The predicted molar refractivity (Wildman–Crippen MR) is 147 cm³/mol. The number of esters is 1. The topological polar surface area (TPSA) is 118 Å². The summed E-state index contributed by atoms with van der Waals surface area (Å²) < 4.78 is 19.4. The summed E-state index contributed by atoms with van der Waals surface area (Å²) in [5, 5.41) is 21.9. The molecule has 0 unspecified atom stereocenters. The number of carbonyl (C=O) groups is 2. The maximum absolute atomic E-state index is 13.8. The smallest absolute Gasteiger partial charge is 0.309 e. The van der Waals surface area contributed by atoms with E-state index in [0.717, 1.165) is 40.1 Å². The number of aryl methyl sites for hydroxylation is 1. The minimum absolute atomic E-state index is 0.0523. The Morgan fingerprint density at radius 2 is 1.95 bits per heavy atom. The van der Waals surface area contributed by atoms with E-state index in [1.165, 1.54) is 0 Å². The van der Waals surface area contributed by atoms with Crippen molar-refractivity contribution in [3.63, 3.8) is 0 Å². The van der Waals surface area contributed by atoms with Crippen LogP contribution in [0.15, 0.2) is 18.2 Å². The zero-order valence-corrected chi connectivity index (χ0v) is 24.3. The number of fused-ring (bicyclic) bond motifs is 3. The van der Waals surface area contributed by atoms with Gasteiger partial charge in [0, 0.05) is 12.3 Å². The Labute approximate surface area is 234 Å². The molecular formula is C30H41NO7S. The molecule has 4 heterocycles. The van der Waals surface area contributed by atoms with Crippen LogP contribution in [0.4, 0.5) is 0 Å². The van der Waals surface area contributed by atoms with Gasteiger partial charge in [-0.2, -0.15) is 0 Å². The molecule has 3 aliphatic heterocycles. The number of Topliss-reactive ketones (excluding diaryl/α,β-unsaturated/α-hetero) is 1. The summed E-state index contributed by atoms with van der Waals surface area (Å²) in [5.74, 6) is -1.05. The minimum Gasteiger partial charge on any atom is -0.457 e. The molecule has 2 N–H and O–H groups in total. The number of rotatable bonds is 2. The standard InChI is InChI=1S/C30H41NO7S/c1-16-7-6-10-30(5)25(38-30)13-22(18-8-9-23-21(11-18)31-17(2)39-23)37-26(34)14-24(33)29(3,4)28(35)20-12-19(15-32)36-27(16)20/h8-9,11,16,19-20,22,24-25,27,32-33H,6-7,10,12-15H2,1-5H3/t16-,19-,20+,22-,24-,25-,27-,30+/m0/s1. The maximum atomic E-state index is 13.8. The minimum atomic E-state index is -1.22. The second kappa shape index (κ2) is 10.8. The van der Waals surface area contributed by atoms with Crippen LogP contribution in [0.5, 0.6) is 0 Å². The van der Waals surface area contributed by atoms with Crippen LogP contribution in [0, 0.1) is 24.2 Å². The first-order valence-corrected chi connectivity index (χ1v) is 15.0. The van der Waals surface area contributed by atoms with Gasteiger partial charge in [-0.15, -0.1) is 11.3 Å². The number of nitrogens with zero attached hydrogens (tertiary/aromatic N) is 1. The Hall–Kier alpha value is -1.91. The number of ketones is 1. The number of benzene rings is 1. The normalized spacial score (nSPS) is 37.8. The van der Waals surface area contributed by atoms with Crippen LogP contribution in [0.3, 0.4) is 0 Å². The molecule has 0 bridgehead atoms. The van der Waals surface area contributed by atoms with Crippen LogP contribution in [-0.2, 0) is 23.8 Å². The summed E-state index contributed by atoms with van der Waals surface area (Å²) >= 11 is 1.62. The average molecular weight is 560 g/mol. The average Bonchev–Trinajstić information content (AvgIpc) is 3.20. The highest BCUT2D eigenvalue weighted by molar-refractivity contribution is 7.18. The van der Waals surface area contributed by atoms with Gasteiger partial charge in [0.1, 0.15) is 11.9 Å². The highest BCUT2D eigenvalue weighted by Gasteiger charge is 2.53.